The molecule has 0 aliphatic carbocycles. The molecule has 0 spiro atoms. The molecule has 1 aromatic carbocycles. The average Bonchev–Trinajstić information content (AvgIpc) is 2.27. The van der Waals surface area contributed by atoms with Crippen LogP contribution < -0.4 is 5.32 Å². The van der Waals surface area contributed by atoms with Crippen LogP contribution in [0.5, 0.6) is 0 Å². The van der Waals surface area contributed by atoms with Crippen molar-refractivity contribution in [3.05, 3.63) is 34.3 Å². The molecule has 0 aromatic heterocycles. The van der Waals surface area contributed by atoms with Crippen molar-refractivity contribution in [1.29, 1.82) is 0 Å². The largest absolute Gasteiger partial charge is 0.316 e. The minimum atomic E-state index is 0.540. The normalized spacial score (nSPS) is 15.1. The molecule has 1 aromatic rings. The van der Waals surface area contributed by atoms with E-state index >= 15 is 0 Å². The molecule has 0 radical (unpaired) electrons. The fourth-order valence-corrected chi connectivity index (χ4v) is 2.36. The summed E-state index contributed by atoms with van der Waals surface area (Å²) in [5, 5.41) is 3.44. The predicted molar refractivity (Wildman–Crippen MR) is 74.7 cm³/mol. The van der Waals surface area contributed by atoms with Crippen LogP contribution in [0.1, 0.15) is 26.3 Å². The Kier molecular flexibility index (Phi) is 5.50. The summed E-state index contributed by atoms with van der Waals surface area (Å²) >= 11 is 3.61. The Morgan fingerprint density at radius 1 is 1.19 bits per heavy atom. The van der Waals surface area contributed by atoms with Crippen molar-refractivity contribution < 1.29 is 0 Å². The van der Waals surface area contributed by atoms with Crippen molar-refractivity contribution >= 4 is 15.9 Å². The number of rotatable bonds is 5. The third-order valence-electron chi connectivity index (χ3n) is 3.45. The van der Waals surface area contributed by atoms with Crippen molar-refractivity contribution in [2.45, 2.75) is 33.2 Å². The number of hydrogen-bond donors (Lipinski definition) is 1. The fraction of sp³-hybridized carbons (Fsp3) is 0.571. The van der Waals surface area contributed by atoms with E-state index in [1.54, 1.807) is 0 Å². The zero-order valence-corrected chi connectivity index (χ0v) is 12.2. The highest BCUT2D eigenvalue weighted by atomic mass is 79.9. The third kappa shape index (κ3) is 3.60. The van der Waals surface area contributed by atoms with Gasteiger partial charge in [0.2, 0.25) is 0 Å². The highest BCUT2D eigenvalue weighted by Gasteiger charge is 2.19. The van der Waals surface area contributed by atoms with Gasteiger partial charge in [-0.1, -0.05) is 54.9 Å². The molecule has 1 nitrogen and oxygen atoms in total. The lowest BCUT2D eigenvalue weighted by Gasteiger charge is -2.27. The van der Waals surface area contributed by atoms with E-state index < -0.39 is 0 Å². The van der Waals surface area contributed by atoms with E-state index in [0.717, 1.165) is 6.42 Å². The fourth-order valence-electron chi connectivity index (χ4n) is 1.92. The van der Waals surface area contributed by atoms with E-state index in [1.165, 1.54) is 10.0 Å². The second-order valence-corrected chi connectivity index (χ2v) is 5.65. The van der Waals surface area contributed by atoms with Crippen LogP contribution in [0.25, 0.3) is 0 Å². The first-order valence-corrected chi connectivity index (χ1v) is 6.76. The van der Waals surface area contributed by atoms with Gasteiger partial charge in [0.05, 0.1) is 0 Å². The summed E-state index contributed by atoms with van der Waals surface area (Å²) in [6.45, 7) is 6.90. The van der Waals surface area contributed by atoms with E-state index in [4.69, 9.17) is 0 Å². The van der Waals surface area contributed by atoms with E-state index in [0.29, 0.717) is 17.9 Å². The summed E-state index contributed by atoms with van der Waals surface area (Å²) in [6, 6.07) is 9.02. The molecule has 0 saturated carbocycles. The predicted octanol–water partition coefficient (Wildman–Crippen LogP) is 3.87. The van der Waals surface area contributed by atoms with Gasteiger partial charge in [0.1, 0.15) is 0 Å². The van der Waals surface area contributed by atoms with Crippen molar-refractivity contribution in [2.24, 2.45) is 11.8 Å². The summed E-state index contributed by atoms with van der Waals surface area (Å²) in [5.74, 6) is 1.39. The van der Waals surface area contributed by atoms with Crippen LogP contribution in [-0.2, 0) is 6.42 Å². The van der Waals surface area contributed by atoms with E-state index in [2.05, 4.69) is 73.3 Å². The molecule has 0 amide bonds. The maximum atomic E-state index is 3.61. The smallest absolute Gasteiger partial charge is 0.0207 e. The summed E-state index contributed by atoms with van der Waals surface area (Å²) < 4.78 is 1.21. The zero-order valence-electron chi connectivity index (χ0n) is 10.6. The number of benzene rings is 1. The Balaban J connectivity index is 2.74. The third-order valence-corrected chi connectivity index (χ3v) is 4.23. The van der Waals surface area contributed by atoms with E-state index in [1.807, 2.05) is 0 Å². The van der Waals surface area contributed by atoms with Gasteiger partial charge >= 0.3 is 0 Å². The average molecular weight is 284 g/mol. The summed E-state index contributed by atoms with van der Waals surface area (Å²) in [7, 11) is 2.06. The summed E-state index contributed by atoms with van der Waals surface area (Å²) in [5.41, 5.74) is 1.38. The Labute approximate surface area is 108 Å². The first kappa shape index (κ1) is 13.7. The molecule has 0 fully saturated rings. The Bertz CT molecular complexity index is 322. The minimum absolute atomic E-state index is 0.540. The molecule has 2 heteroatoms. The molecule has 0 aliphatic heterocycles. The van der Waals surface area contributed by atoms with Crippen LogP contribution in [0.2, 0.25) is 0 Å². The van der Waals surface area contributed by atoms with Crippen molar-refractivity contribution in [2.75, 3.05) is 7.05 Å². The van der Waals surface area contributed by atoms with Gasteiger partial charge in [-0.2, -0.15) is 0 Å². The monoisotopic (exact) mass is 283 g/mol. The lowest BCUT2D eigenvalue weighted by atomic mass is 9.87. The highest BCUT2D eigenvalue weighted by molar-refractivity contribution is 9.10. The number of hydrogen-bond acceptors (Lipinski definition) is 1. The number of halogens is 1. The molecule has 0 heterocycles. The van der Waals surface area contributed by atoms with Crippen molar-refractivity contribution in [1.82, 2.24) is 5.32 Å². The van der Waals surface area contributed by atoms with Gasteiger partial charge in [-0.25, -0.2) is 0 Å². The van der Waals surface area contributed by atoms with Gasteiger partial charge < -0.3 is 5.32 Å². The molecule has 2 unspecified atom stereocenters. The number of likely N-dealkylation sites (N-methyl/N-ethyl adjacent to an activating group) is 1. The standard InChI is InChI=1S/C14H22BrN/c1-10(2)11(3)14(16-4)9-12-7-5-6-8-13(12)15/h5-8,10-11,14,16H,9H2,1-4H3. The first-order chi connectivity index (χ1) is 7.56. The van der Waals surface area contributed by atoms with Gasteiger partial charge in [-0.15, -0.1) is 0 Å². The molecular weight excluding hydrogens is 262 g/mol. The first-order valence-electron chi connectivity index (χ1n) is 5.97. The van der Waals surface area contributed by atoms with Gasteiger partial charge in [0.15, 0.2) is 0 Å². The SMILES string of the molecule is CNC(Cc1ccccc1Br)C(C)C(C)C. The molecule has 1 rings (SSSR count). The second-order valence-electron chi connectivity index (χ2n) is 4.79. The van der Waals surface area contributed by atoms with Gasteiger partial charge in [-0.3, -0.25) is 0 Å². The molecule has 16 heavy (non-hydrogen) atoms. The second kappa shape index (κ2) is 6.41. The van der Waals surface area contributed by atoms with Crippen LogP contribution in [0.15, 0.2) is 28.7 Å². The molecule has 2 atom stereocenters. The van der Waals surface area contributed by atoms with Crippen molar-refractivity contribution in [3.63, 3.8) is 0 Å². The molecular formula is C14H22BrN. The maximum Gasteiger partial charge on any atom is 0.0207 e. The minimum Gasteiger partial charge on any atom is -0.316 e. The lowest BCUT2D eigenvalue weighted by molar-refractivity contribution is 0.309. The summed E-state index contributed by atoms with van der Waals surface area (Å²) in [4.78, 5) is 0. The van der Waals surface area contributed by atoms with Crippen LogP contribution in [-0.4, -0.2) is 13.1 Å². The van der Waals surface area contributed by atoms with Crippen LogP contribution in [0, 0.1) is 11.8 Å². The van der Waals surface area contributed by atoms with E-state index in [-0.39, 0.29) is 0 Å². The molecule has 1 N–H and O–H groups in total. The zero-order chi connectivity index (χ0) is 12.1. The van der Waals surface area contributed by atoms with Crippen LogP contribution in [0.4, 0.5) is 0 Å². The Hall–Kier alpha value is -0.340. The van der Waals surface area contributed by atoms with Gasteiger partial charge in [0, 0.05) is 10.5 Å². The highest BCUT2D eigenvalue weighted by Crippen LogP contribution is 2.22. The quantitative estimate of drug-likeness (QED) is 0.865. The summed E-state index contributed by atoms with van der Waals surface area (Å²) in [6.07, 6.45) is 1.08. The molecule has 90 valence electrons. The van der Waals surface area contributed by atoms with Crippen LogP contribution in [0.3, 0.4) is 0 Å². The molecule has 0 aliphatic rings. The van der Waals surface area contributed by atoms with Crippen LogP contribution >= 0.6 is 15.9 Å². The topological polar surface area (TPSA) is 12.0 Å². The number of nitrogens with one attached hydrogen (secondary N) is 1. The van der Waals surface area contributed by atoms with Gasteiger partial charge in [-0.05, 0) is 36.9 Å². The lowest BCUT2D eigenvalue weighted by Crippen LogP contribution is -2.36. The maximum absolute atomic E-state index is 3.61. The molecule has 0 saturated heterocycles. The Morgan fingerprint density at radius 2 is 1.81 bits per heavy atom. The van der Waals surface area contributed by atoms with E-state index in [9.17, 15) is 0 Å². The molecule has 0 bridgehead atoms. The van der Waals surface area contributed by atoms with Gasteiger partial charge in [0.25, 0.3) is 0 Å². The van der Waals surface area contributed by atoms with Crippen molar-refractivity contribution in [3.8, 4) is 0 Å². The Morgan fingerprint density at radius 3 is 2.31 bits per heavy atom.